The van der Waals surface area contributed by atoms with Gasteiger partial charge in [-0.2, -0.15) is 0 Å². The van der Waals surface area contributed by atoms with Crippen LogP contribution in [0.2, 0.25) is 0 Å². The molecular formula is C3H4Hf+2. The van der Waals surface area contributed by atoms with E-state index in [2.05, 4.69) is 0 Å². The van der Waals surface area contributed by atoms with Gasteiger partial charge in [0.2, 0.25) is 0 Å². The molecule has 0 atom stereocenters. The molecule has 0 saturated heterocycles. The summed E-state index contributed by atoms with van der Waals surface area (Å²) in [6.45, 7) is 0. The third-order valence-electron chi connectivity index (χ3n) is 0.500. The molecule has 0 N–H and O–H groups in total. The van der Waals surface area contributed by atoms with E-state index in [4.69, 9.17) is 0 Å². The van der Waals surface area contributed by atoms with Crippen LogP contribution in [-0.4, -0.2) is 3.26 Å². The number of rotatable bonds is 0. The zero-order chi connectivity index (χ0) is 2.99. The summed E-state index contributed by atoms with van der Waals surface area (Å²) in [4.78, 5) is 0. The Morgan fingerprint density at radius 3 is 1.75 bits per heavy atom. The molecular weight excluding hydrogens is 215 g/mol. The normalized spacial score (nSPS) is 22.0. The molecule has 0 aromatic rings. The van der Waals surface area contributed by atoms with Crippen molar-refractivity contribution in [3.8, 4) is 0 Å². The van der Waals surface area contributed by atoms with Gasteiger partial charge in [0.25, 0.3) is 0 Å². The molecule has 0 bridgehead atoms. The fourth-order valence-corrected chi connectivity index (χ4v) is 0.512. The summed E-state index contributed by atoms with van der Waals surface area (Å²) in [6.07, 6.45) is 2.93. The quantitative estimate of drug-likeness (QED) is 0.520. The Hall–Kier alpha value is 0.740. The van der Waals surface area contributed by atoms with Gasteiger partial charge in [-0.15, -0.1) is 0 Å². The molecule has 0 amide bonds. The van der Waals surface area contributed by atoms with Crippen LogP contribution in [0, 0.1) is 0 Å². The van der Waals surface area contributed by atoms with Gasteiger partial charge in [0.05, 0.1) is 0 Å². The van der Waals surface area contributed by atoms with Gasteiger partial charge in [-0.3, -0.25) is 0 Å². The van der Waals surface area contributed by atoms with Crippen LogP contribution >= 0.6 is 0 Å². The predicted molar refractivity (Wildman–Crippen MR) is 14.2 cm³/mol. The monoisotopic (exact) mass is 220 g/mol. The Kier molecular flexibility index (Phi) is 0.629. The van der Waals surface area contributed by atoms with E-state index in [-0.39, 0.29) is 0 Å². The van der Waals surface area contributed by atoms with Crippen molar-refractivity contribution in [1.29, 1.82) is 0 Å². The Balaban J connectivity index is 2.60. The first kappa shape index (κ1) is 2.95. The minimum absolute atomic E-state index is 1.38. The maximum absolute atomic E-state index is 1.81. The van der Waals surface area contributed by atoms with E-state index in [1.165, 1.54) is 36.7 Å². The summed E-state index contributed by atoms with van der Waals surface area (Å²) in [5, 5.41) is 0. The summed E-state index contributed by atoms with van der Waals surface area (Å²) < 4.78 is 1.81. The first-order chi connectivity index (χ1) is 1.89. The molecule has 1 rings (SSSR count). The van der Waals surface area contributed by atoms with Gasteiger partial charge in [0.1, 0.15) is 0 Å². The second-order valence-electron chi connectivity index (χ2n) is 1.10. The summed E-state index contributed by atoms with van der Waals surface area (Å²) in [6, 6.07) is 0. The second-order valence-corrected chi connectivity index (χ2v) is 3.64. The Morgan fingerprint density at radius 1 is 1.50 bits per heavy atom. The van der Waals surface area contributed by atoms with E-state index in [1.54, 1.807) is 3.26 Å². The Morgan fingerprint density at radius 2 is 1.75 bits per heavy atom. The zero-order valence-electron chi connectivity index (χ0n) is 2.41. The van der Waals surface area contributed by atoms with Crippen molar-refractivity contribution < 1.29 is 23.9 Å². The van der Waals surface area contributed by atoms with Gasteiger partial charge in [-0.1, -0.05) is 0 Å². The molecule has 18 valence electrons. The minimum atomic E-state index is 1.38. The molecule has 1 aliphatic carbocycles. The molecule has 4 heavy (non-hydrogen) atoms. The second kappa shape index (κ2) is 0.852. The van der Waals surface area contributed by atoms with Crippen molar-refractivity contribution in [3.63, 3.8) is 0 Å². The number of hydrogen-bond acceptors (Lipinski definition) is 0. The molecule has 1 heteroatoms. The molecule has 1 aliphatic rings. The van der Waals surface area contributed by atoms with Crippen LogP contribution in [0.1, 0.15) is 12.8 Å². The van der Waals surface area contributed by atoms with E-state index in [9.17, 15) is 0 Å². The molecule has 0 aromatic carbocycles. The molecule has 1 saturated carbocycles. The van der Waals surface area contributed by atoms with Crippen molar-refractivity contribution in [1.82, 2.24) is 0 Å². The third-order valence-corrected chi connectivity index (χ3v) is 2.30. The van der Waals surface area contributed by atoms with Crippen LogP contribution in [0.4, 0.5) is 0 Å². The van der Waals surface area contributed by atoms with Crippen molar-refractivity contribution >= 4 is 3.26 Å². The zero-order valence-corrected chi connectivity index (χ0v) is 6.01. The molecule has 0 aromatic heterocycles. The van der Waals surface area contributed by atoms with Crippen LogP contribution in [-0.2, 0) is 23.9 Å². The Bertz CT molecular complexity index is 41.2. The van der Waals surface area contributed by atoms with Crippen LogP contribution in [0.25, 0.3) is 0 Å². The topological polar surface area (TPSA) is 0 Å². The van der Waals surface area contributed by atoms with Crippen molar-refractivity contribution in [3.05, 3.63) is 0 Å². The van der Waals surface area contributed by atoms with Crippen molar-refractivity contribution in [2.45, 2.75) is 12.8 Å². The maximum atomic E-state index is 1.81. The van der Waals surface area contributed by atoms with Crippen LogP contribution in [0.5, 0.6) is 0 Å². The van der Waals surface area contributed by atoms with Crippen LogP contribution < -0.4 is 0 Å². The molecule has 0 radical (unpaired) electrons. The average molecular weight is 219 g/mol. The fourth-order valence-electron chi connectivity index (χ4n) is 0.0625. The first-order valence-electron chi connectivity index (χ1n) is 1.46. The third kappa shape index (κ3) is 0.593. The van der Waals surface area contributed by atoms with Crippen molar-refractivity contribution in [2.24, 2.45) is 0 Å². The Labute approximate surface area is 40.3 Å². The first-order valence-corrected chi connectivity index (χ1v) is 3.25. The molecule has 0 unspecified atom stereocenters. The van der Waals surface area contributed by atoms with Gasteiger partial charge < -0.3 is 0 Å². The average Bonchev–Trinajstić information content (AvgIpc) is 1.75. The molecule has 0 heterocycles. The summed E-state index contributed by atoms with van der Waals surface area (Å²) >= 11 is 1.38. The molecule has 0 nitrogen and oxygen atoms in total. The summed E-state index contributed by atoms with van der Waals surface area (Å²) in [7, 11) is 0. The van der Waals surface area contributed by atoms with E-state index in [1.807, 2.05) is 0 Å². The summed E-state index contributed by atoms with van der Waals surface area (Å²) in [5.41, 5.74) is 0. The molecule has 1 fully saturated rings. The van der Waals surface area contributed by atoms with Crippen LogP contribution in [0.15, 0.2) is 0 Å². The van der Waals surface area contributed by atoms with Gasteiger partial charge in [0, 0.05) is 0 Å². The predicted octanol–water partition coefficient (Wildman–Crippen LogP) is 0.499. The standard InChI is InChI=1S/C3H4.Hf/c1-2-3-1;/h1-2H2;/q;+2. The van der Waals surface area contributed by atoms with Crippen molar-refractivity contribution in [2.75, 3.05) is 0 Å². The molecule has 0 aliphatic heterocycles. The fraction of sp³-hybridized carbons (Fsp3) is 0.667. The van der Waals surface area contributed by atoms with E-state index in [0.29, 0.717) is 0 Å². The van der Waals surface area contributed by atoms with Gasteiger partial charge in [-0.25, -0.2) is 0 Å². The van der Waals surface area contributed by atoms with Gasteiger partial charge >= 0.3 is 40.0 Å². The summed E-state index contributed by atoms with van der Waals surface area (Å²) in [5.74, 6) is 0. The van der Waals surface area contributed by atoms with Gasteiger partial charge in [-0.05, 0) is 0 Å². The van der Waals surface area contributed by atoms with E-state index in [0.717, 1.165) is 0 Å². The number of hydrogen-bond donors (Lipinski definition) is 0. The van der Waals surface area contributed by atoms with E-state index >= 15 is 0 Å². The molecule has 0 spiro atoms. The van der Waals surface area contributed by atoms with Gasteiger partial charge in [0.15, 0.2) is 0 Å². The van der Waals surface area contributed by atoms with E-state index < -0.39 is 0 Å². The SMILES string of the molecule is [Hf+2]=[C]1CC1. The van der Waals surface area contributed by atoms with Crippen LogP contribution in [0.3, 0.4) is 0 Å².